The van der Waals surface area contributed by atoms with Gasteiger partial charge in [0.05, 0.1) is 19.0 Å². The zero-order valence-corrected chi connectivity index (χ0v) is 17.2. The van der Waals surface area contributed by atoms with Crippen LogP contribution in [-0.4, -0.2) is 19.0 Å². The molecule has 3 aromatic rings. The maximum Gasteiger partial charge on any atom is 0.0550 e. The minimum Gasteiger partial charge on any atom is -0.0669 e. The number of benzene rings is 3. The molecule has 0 fully saturated rings. The molecule has 0 saturated heterocycles. The fourth-order valence-corrected chi connectivity index (χ4v) is 6.42. The van der Waals surface area contributed by atoms with E-state index < -0.39 is 0 Å². The van der Waals surface area contributed by atoms with Crippen molar-refractivity contribution < 1.29 is 0 Å². The van der Waals surface area contributed by atoms with E-state index in [0.717, 1.165) is 0 Å². The summed E-state index contributed by atoms with van der Waals surface area (Å²) in [6, 6.07) is 34.1. The number of aryl methyl sites for hydroxylation is 2. The zero-order chi connectivity index (χ0) is 16.5. The second-order valence-electron chi connectivity index (χ2n) is 6.50. The summed E-state index contributed by atoms with van der Waals surface area (Å²) in [4.78, 5) is 0. The van der Waals surface area contributed by atoms with Crippen molar-refractivity contribution in [2.24, 2.45) is 0 Å². The lowest BCUT2D eigenvalue weighted by Crippen LogP contribution is -2.13. The fourth-order valence-electron chi connectivity index (χ4n) is 3.22. The van der Waals surface area contributed by atoms with E-state index in [1.54, 1.807) is 10.4 Å². The average molecular weight is 347 g/mol. The highest BCUT2D eigenvalue weighted by atomic mass is 28.2. The van der Waals surface area contributed by atoms with Gasteiger partial charge in [-0.3, -0.25) is 0 Å². The van der Waals surface area contributed by atoms with Crippen molar-refractivity contribution in [3.63, 3.8) is 0 Å². The van der Waals surface area contributed by atoms with Gasteiger partial charge in [0.15, 0.2) is 0 Å². The van der Waals surface area contributed by atoms with Gasteiger partial charge in [0.2, 0.25) is 0 Å². The van der Waals surface area contributed by atoms with Crippen molar-refractivity contribution in [1.29, 1.82) is 0 Å². The standard InChI is InChI=1S/C22H26Si2/c1-3-10-21(11-4-1)23-16-14-19-8-7-9-20(18-19)15-17-24-22-12-5-2-6-13-22/h1-13,18H,14-17,23-24H2. The summed E-state index contributed by atoms with van der Waals surface area (Å²) in [5, 5.41) is 3.17. The van der Waals surface area contributed by atoms with Crippen molar-refractivity contribution >= 4 is 29.4 Å². The minimum absolute atomic E-state index is 0.112. The number of rotatable bonds is 8. The lowest BCUT2D eigenvalue weighted by molar-refractivity contribution is 1.08. The van der Waals surface area contributed by atoms with Crippen LogP contribution in [0.1, 0.15) is 11.1 Å². The molecule has 122 valence electrons. The summed E-state index contributed by atoms with van der Waals surface area (Å²) in [5.74, 6) is 0. The topological polar surface area (TPSA) is 0 Å². The normalized spacial score (nSPS) is 11.7. The van der Waals surface area contributed by atoms with Crippen molar-refractivity contribution in [2.75, 3.05) is 0 Å². The van der Waals surface area contributed by atoms with Gasteiger partial charge in [0.1, 0.15) is 0 Å². The van der Waals surface area contributed by atoms with Crippen LogP contribution in [0.4, 0.5) is 0 Å². The molecule has 0 aromatic heterocycles. The van der Waals surface area contributed by atoms with Gasteiger partial charge in [0, 0.05) is 0 Å². The van der Waals surface area contributed by atoms with E-state index in [-0.39, 0.29) is 19.0 Å². The van der Waals surface area contributed by atoms with Crippen molar-refractivity contribution in [1.82, 2.24) is 0 Å². The molecule has 3 aromatic carbocycles. The summed E-state index contributed by atoms with van der Waals surface area (Å²) in [6.45, 7) is 0. The molecule has 0 bridgehead atoms. The summed E-state index contributed by atoms with van der Waals surface area (Å²) in [5.41, 5.74) is 3.05. The molecule has 0 heterocycles. The molecular formula is C22H26Si2. The van der Waals surface area contributed by atoms with Crippen LogP contribution < -0.4 is 10.4 Å². The lowest BCUT2D eigenvalue weighted by atomic mass is 10.1. The van der Waals surface area contributed by atoms with Crippen LogP contribution in [0.2, 0.25) is 12.1 Å². The van der Waals surface area contributed by atoms with Crippen LogP contribution in [0.3, 0.4) is 0 Å². The first kappa shape index (κ1) is 16.9. The molecule has 0 radical (unpaired) electrons. The minimum atomic E-state index is -0.112. The van der Waals surface area contributed by atoms with Gasteiger partial charge in [0.25, 0.3) is 0 Å². The highest BCUT2D eigenvalue weighted by Crippen LogP contribution is 2.10. The van der Waals surface area contributed by atoms with Gasteiger partial charge in [-0.2, -0.15) is 0 Å². The van der Waals surface area contributed by atoms with E-state index >= 15 is 0 Å². The first-order valence-corrected chi connectivity index (χ1v) is 12.5. The molecule has 3 rings (SSSR count). The van der Waals surface area contributed by atoms with Crippen LogP contribution in [0.5, 0.6) is 0 Å². The van der Waals surface area contributed by atoms with Gasteiger partial charge in [-0.05, 0) is 24.0 Å². The Morgan fingerprint density at radius 2 is 0.958 bits per heavy atom. The Labute approximate surface area is 150 Å². The molecule has 0 aliphatic rings. The maximum absolute atomic E-state index is 2.44. The fraction of sp³-hybridized carbons (Fsp3) is 0.182. The quantitative estimate of drug-likeness (QED) is 0.550. The first-order valence-electron chi connectivity index (χ1n) is 9.06. The van der Waals surface area contributed by atoms with Crippen LogP contribution in [-0.2, 0) is 12.8 Å². The summed E-state index contributed by atoms with van der Waals surface area (Å²) in [6.07, 6.45) is 2.48. The van der Waals surface area contributed by atoms with E-state index in [0.29, 0.717) is 0 Å². The Morgan fingerprint density at radius 3 is 1.42 bits per heavy atom. The molecule has 24 heavy (non-hydrogen) atoms. The van der Waals surface area contributed by atoms with Gasteiger partial charge in [-0.25, -0.2) is 0 Å². The van der Waals surface area contributed by atoms with E-state index in [4.69, 9.17) is 0 Å². The molecule has 0 saturated carbocycles. The lowest BCUT2D eigenvalue weighted by Gasteiger charge is -2.06. The Morgan fingerprint density at radius 1 is 0.500 bits per heavy atom. The van der Waals surface area contributed by atoms with Crippen LogP contribution in [0.25, 0.3) is 0 Å². The number of hydrogen-bond acceptors (Lipinski definition) is 0. The SMILES string of the molecule is c1ccc([SiH2]CCc2cccc(CC[SiH2]c3ccccc3)c2)cc1. The summed E-state index contributed by atoms with van der Waals surface area (Å²) in [7, 11) is -0.223. The van der Waals surface area contributed by atoms with Crippen LogP contribution >= 0.6 is 0 Å². The smallest absolute Gasteiger partial charge is 0.0550 e. The van der Waals surface area contributed by atoms with E-state index in [1.807, 2.05) is 0 Å². The Balaban J connectivity index is 1.45. The molecule has 0 aliphatic carbocycles. The van der Waals surface area contributed by atoms with Gasteiger partial charge < -0.3 is 0 Å². The second-order valence-corrected chi connectivity index (χ2v) is 10.5. The summed E-state index contributed by atoms with van der Waals surface area (Å²) < 4.78 is 0. The molecule has 0 aliphatic heterocycles. The van der Waals surface area contributed by atoms with Gasteiger partial charge >= 0.3 is 0 Å². The molecule has 0 atom stereocenters. The second kappa shape index (κ2) is 9.40. The zero-order valence-electron chi connectivity index (χ0n) is 14.3. The maximum atomic E-state index is 2.44. The molecule has 2 heteroatoms. The first-order chi connectivity index (χ1) is 11.9. The predicted molar refractivity (Wildman–Crippen MR) is 113 cm³/mol. The molecule has 0 nitrogen and oxygen atoms in total. The van der Waals surface area contributed by atoms with Crippen LogP contribution in [0.15, 0.2) is 84.9 Å². The number of hydrogen-bond donors (Lipinski definition) is 0. The Bertz CT molecular complexity index is 662. The van der Waals surface area contributed by atoms with Crippen LogP contribution in [0, 0.1) is 0 Å². The average Bonchev–Trinajstić information content (AvgIpc) is 2.64. The molecule has 0 N–H and O–H groups in total. The highest BCUT2D eigenvalue weighted by Gasteiger charge is 2.00. The highest BCUT2D eigenvalue weighted by molar-refractivity contribution is 6.53. The Hall–Kier alpha value is -1.91. The third-order valence-electron chi connectivity index (χ3n) is 4.54. The van der Waals surface area contributed by atoms with E-state index in [9.17, 15) is 0 Å². The largest absolute Gasteiger partial charge is 0.0669 e. The van der Waals surface area contributed by atoms with Crippen molar-refractivity contribution in [3.05, 3.63) is 96.1 Å². The molecular weight excluding hydrogens is 320 g/mol. The molecule has 0 amide bonds. The van der Waals surface area contributed by atoms with Crippen molar-refractivity contribution in [3.8, 4) is 0 Å². The van der Waals surface area contributed by atoms with Gasteiger partial charge in [-0.1, -0.05) is 107 Å². The Kier molecular flexibility index (Phi) is 6.64. The molecule has 0 spiro atoms. The third-order valence-corrected chi connectivity index (χ3v) is 8.05. The van der Waals surface area contributed by atoms with Crippen molar-refractivity contribution in [2.45, 2.75) is 24.9 Å². The predicted octanol–water partition coefficient (Wildman–Crippen LogP) is 2.60. The third kappa shape index (κ3) is 5.62. The monoisotopic (exact) mass is 346 g/mol. The van der Waals surface area contributed by atoms with E-state index in [1.165, 1.54) is 36.1 Å². The van der Waals surface area contributed by atoms with Gasteiger partial charge in [-0.15, -0.1) is 0 Å². The summed E-state index contributed by atoms with van der Waals surface area (Å²) >= 11 is 0. The molecule has 0 unspecified atom stereocenters. The van der Waals surface area contributed by atoms with E-state index in [2.05, 4.69) is 84.9 Å².